The molecule has 4 spiro atoms. The molecule has 0 aromatic rings. The van der Waals surface area contributed by atoms with E-state index in [0.717, 1.165) is 108 Å². The fraction of sp³-hybridized carbons (Fsp3) is 0.802. The van der Waals surface area contributed by atoms with Gasteiger partial charge in [-0.3, -0.25) is 24.0 Å². The van der Waals surface area contributed by atoms with Gasteiger partial charge in [-0.2, -0.15) is 0 Å². The molecule has 0 aromatic heterocycles. The molecular formula is C126H200O23. The van der Waals surface area contributed by atoms with Crippen LogP contribution in [0.15, 0.2) is 119 Å². The second-order valence-corrected chi connectivity index (χ2v) is 51.0. The quantitative estimate of drug-likeness (QED) is 0.110. The fourth-order valence-corrected chi connectivity index (χ4v) is 40.2. The van der Waals surface area contributed by atoms with Gasteiger partial charge in [0.05, 0.1) is 30.5 Å². The van der Waals surface area contributed by atoms with Crippen molar-refractivity contribution in [2.45, 2.75) is 414 Å². The summed E-state index contributed by atoms with van der Waals surface area (Å²) < 4.78 is 48.3. The molecule has 4 saturated heterocycles. The number of aliphatic hydroxyl groups excluding tert-OH is 7. The molecular weight excluding hydrogens is 1880 g/mol. The molecule has 0 bridgehead atoms. The van der Waals surface area contributed by atoms with E-state index in [-0.39, 0.29) is 185 Å². The molecule has 15 saturated carbocycles. The standard InChI is InChI=1S/C24H32O6.C24H34O5.C23H34O3.C22H30O5.C22H32O4.3C2H6.5CH4/c1-14-8-16-17-5-7-23(24(30-13-28-23)11-27-12-29-24)22(17,3)10-19(26)20(16)21(2)6-4-15(25)9-18(14)21;1-15-10-16-18-7-9-23(24(29-14-27-23)12-26-13-28-24)22(18,3)11-19(25)20(16)21(2)8-5-4-6-17(15)21;1-5-19(25)23(26)11-9-17-15-12-14(2)16-8-6-7-10-21(16,3)20(15)18(24)13-22(17,23)4;1-12-8-14-15-5-7-22(27,18(26)11-23)21(15,3)10-17(25)19(14)20(2)6-4-13(24)9-16(12)20;1-13-10-14-16-7-9-22(26,18(25)12-23)21(16,3)11-17(24)19(14)20(2)8-5-4-6-15(13)20;3*1-2;;;;;/h4,6,9,14,16-17,19-20,26H,5,7-8,10-13H2,1-3H3;5-6,8,15-16,18-20,25H,4,7,9-14H2,1-3H3;7-8,10,14-15,17-18,20,24,26H,5-6,9,11-13H2,1-4H3;4,6,9,12,14-15,17,19,23,25,27H,5,7-8,10-11H2,1-3H3;5-6,8,13-14,16-17,19,23-24,26H,4,7,9-12H2,1-3H3;3*1-2H3;5*1H4/t14-,16-,17-,19-,20+,21-,22-,23+,24?;15-,16-,18-,19-,20+,21-,22-,23+,24?;14-,15-,17-,18-,20+,21-,22-,23-;12-,14-,15-,17-,19+,20-,21-,22-;13-,14-,16-,17-,19+,20-,21-,22-;;;;;;;;/m00000......../s1. The number of ether oxygens (including phenoxy) is 8. The van der Waals surface area contributed by atoms with Crippen LogP contribution in [0, 0.1) is 173 Å². The topological polar surface area (TPSA) is 361 Å². The fourth-order valence-electron chi connectivity index (χ4n) is 40.2. The Labute approximate surface area is 895 Å². The number of carbonyl (C=O) groups is 5. The number of hydrogen-bond acceptors (Lipinski definition) is 23. The summed E-state index contributed by atoms with van der Waals surface area (Å²) in [5, 5.41) is 110. The summed E-state index contributed by atoms with van der Waals surface area (Å²) in [6.45, 7) is 47.4. The Hall–Kier alpha value is -4.97. The van der Waals surface area contributed by atoms with Crippen molar-refractivity contribution in [3.63, 3.8) is 0 Å². The van der Waals surface area contributed by atoms with Gasteiger partial charge in [0.2, 0.25) is 11.6 Å². The lowest BCUT2D eigenvalue weighted by atomic mass is 9.44. The van der Waals surface area contributed by atoms with Crippen molar-refractivity contribution in [1.82, 2.24) is 0 Å². The predicted molar refractivity (Wildman–Crippen MR) is 582 cm³/mol. The van der Waals surface area contributed by atoms with Gasteiger partial charge in [-0.1, -0.05) is 284 Å². The van der Waals surface area contributed by atoms with Crippen molar-refractivity contribution in [3.05, 3.63) is 119 Å². The van der Waals surface area contributed by atoms with Crippen molar-refractivity contribution in [1.29, 1.82) is 0 Å². The first-order chi connectivity index (χ1) is 68.1. The molecule has 23 nitrogen and oxygen atoms in total. The molecule has 24 rings (SSSR count). The number of fused-ring (bicyclic) bond motifs is 29. The lowest BCUT2D eigenvalue weighted by molar-refractivity contribution is -0.257. The van der Waals surface area contributed by atoms with Crippen LogP contribution in [0.3, 0.4) is 0 Å². The normalized spacial score (nSPS) is 50.6. The summed E-state index contributed by atoms with van der Waals surface area (Å²) in [5.74, 6) is 3.20. The van der Waals surface area contributed by atoms with Crippen molar-refractivity contribution in [2.75, 3.05) is 53.6 Å². The zero-order valence-electron chi connectivity index (χ0n) is 91.0. The van der Waals surface area contributed by atoms with E-state index in [2.05, 4.69) is 151 Å². The smallest absolute Gasteiger partial charge is 0.226 e. The summed E-state index contributed by atoms with van der Waals surface area (Å²) in [7, 11) is 0. The van der Waals surface area contributed by atoms with E-state index in [1.165, 1.54) is 16.7 Å². The molecule has 23 heteroatoms. The first-order valence-electron chi connectivity index (χ1n) is 56.5. The molecule has 10 N–H and O–H groups in total. The highest BCUT2D eigenvalue weighted by molar-refractivity contribution is 6.02. The molecule has 4 heterocycles. The predicted octanol–water partition coefficient (Wildman–Crippen LogP) is 21.5. The van der Waals surface area contributed by atoms with Crippen molar-refractivity contribution in [2.24, 2.45) is 173 Å². The van der Waals surface area contributed by atoms with E-state index in [1.54, 1.807) is 23.8 Å². The zero-order chi connectivity index (χ0) is 105. The lowest BCUT2D eigenvalue weighted by Gasteiger charge is -2.62. The van der Waals surface area contributed by atoms with Crippen LogP contribution in [-0.2, 0) is 61.9 Å². The minimum absolute atomic E-state index is 0. The Kier molecular flexibility index (Phi) is 35.9. The molecule has 4 aliphatic heterocycles. The third-order valence-electron chi connectivity index (χ3n) is 45.7. The van der Waals surface area contributed by atoms with Crippen LogP contribution in [0.5, 0.6) is 0 Å². The summed E-state index contributed by atoms with van der Waals surface area (Å²) in [5.41, 5.74) is -1.96. The number of aliphatic hydroxyl groups is 10. The van der Waals surface area contributed by atoms with Gasteiger partial charge in [0.15, 0.2) is 56.1 Å². The zero-order valence-corrected chi connectivity index (χ0v) is 91.0. The van der Waals surface area contributed by atoms with Gasteiger partial charge < -0.3 is 89.0 Å². The second-order valence-electron chi connectivity index (χ2n) is 51.0. The maximum atomic E-state index is 12.7. The maximum absolute atomic E-state index is 12.7. The minimum Gasteiger partial charge on any atom is -0.393 e. The van der Waals surface area contributed by atoms with Gasteiger partial charge in [0, 0.05) is 90.2 Å². The summed E-state index contributed by atoms with van der Waals surface area (Å²) >= 11 is 0. The SMILES string of the molecule is C.C.C.C.C.CC.CC.CC.CCC(=O)[C@@]1(O)CC[C@H]2[C@@H]3C[C@H](C)C4=CCC=C[C@]4(C)[C@H]3[C@@H](O)C[C@@]21C.C[C@H]1C[C@@H]2[C@H]([C@@H](O)C[C@@]3(C)[C@H]2CC[C@@]32OCOC23COCO3)[C@@]2(C)C=CC(=O)C=C12.C[C@H]1C[C@@H]2[C@H]([C@@H](O)C[C@@]3(C)[C@H]2CC[C@@]32OCOC23COCO3)[C@@]2(C)C=CCC=C12.C[C@H]1C[C@@H]2[C@H]([C@@H](O)C[C@@]3(C)[C@H]2CC[C@]3(O)C(=O)CO)[C@@]2(C)C=CC(=O)C=C12.C[C@H]1C[C@@H]2[C@H]([C@@H](O)C[C@@]3(C)[C@H]2CC[C@]3(O)C(=O)CO)[C@@]2(C)C=CCC=C12. The third kappa shape index (κ3) is 17.3. The number of allylic oxidation sites excluding steroid dienone is 20. The average molecular weight is 2080 g/mol. The Balaban J connectivity index is 0.000000162. The molecule has 0 radical (unpaired) electrons. The molecule has 149 heavy (non-hydrogen) atoms. The van der Waals surface area contributed by atoms with Crippen LogP contribution in [-0.4, -0.2) is 204 Å². The van der Waals surface area contributed by atoms with E-state index in [0.29, 0.717) is 124 Å². The summed E-state index contributed by atoms with van der Waals surface area (Å²) in [6, 6.07) is 0. The van der Waals surface area contributed by atoms with Gasteiger partial charge >= 0.3 is 0 Å². The van der Waals surface area contributed by atoms with Crippen LogP contribution in [0.1, 0.15) is 344 Å². The largest absolute Gasteiger partial charge is 0.393 e. The van der Waals surface area contributed by atoms with E-state index < -0.39 is 105 Å². The number of hydrogen-bond donors (Lipinski definition) is 10. The maximum Gasteiger partial charge on any atom is 0.226 e. The molecule has 2 unspecified atom stereocenters. The van der Waals surface area contributed by atoms with Gasteiger partial charge in [-0.15, -0.1) is 0 Å². The molecule has 19 fully saturated rings. The van der Waals surface area contributed by atoms with Crippen molar-refractivity contribution >= 4 is 28.9 Å². The van der Waals surface area contributed by atoms with Gasteiger partial charge in [-0.05, 0) is 261 Å². The highest BCUT2D eigenvalue weighted by atomic mass is 16.9. The Morgan fingerprint density at radius 2 is 0.577 bits per heavy atom. The van der Waals surface area contributed by atoms with Crippen LogP contribution < -0.4 is 0 Å². The third-order valence-corrected chi connectivity index (χ3v) is 45.7. The highest BCUT2D eigenvalue weighted by Crippen LogP contribution is 2.78. The van der Waals surface area contributed by atoms with Crippen molar-refractivity contribution in [3.8, 4) is 0 Å². The molecule has 0 amide bonds. The number of Topliss-reactive ketones (excluding diaryl/α,β-unsaturated/α-hetero) is 3. The Bertz CT molecular complexity index is 5050. The van der Waals surface area contributed by atoms with E-state index in [1.807, 2.05) is 74.5 Å². The number of carbonyl (C=O) groups excluding carboxylic acids is 5. The Morgan fingerprint density at radius 1 is 0.336 bits per heavy atom. The van der Waals surface area contributed by atoms with Gasteiger partial charge in [0.25, 0.3) is 0 Å². The molecule has 42 atom stereocenters. The molecule has 24 aliphatic rings. The van der Waals surface area contributed by atoms with Crippen LogP contribution in [0.4, 0.5) is 0 Å². The lowest BCUT2D eigenvalue weighted by Crippen LogP contribution is -2.66. The molecule has 0 aromatic carbocycles. The highest BCUT2D eigenvalue weighted by Gasteiger charge is 2.81. The average Bonchev–Trinajstić information content (AvgIpc) is 1.51. The van der Waals surface area contributed by atoms with Gasteiger partial charge in [-0.25, -0.2) is 0 Å². The van der Waals surface area contributed by atoms with E-state index >= 15 is 0 Å². The van der Waals surface area contributed by atoms with Crippen molar-refractivity contribution < 1.29 is 113 Å². The second kappa shape index (κ2) is 43.7. The molecule has 20 aliphatic carbocycles. The summed E-state index contributed by atoms with van der Waals surface area (Å²) in [6.07, 6.45) is 47.9. The summed E-state index contributed by atoms with van der Waals surface area (Å²) in [4.78, 5) is 61.6. The molecule has 842 valence electrons. The first kappa shape index (κ1) is 123. The van der Waals surface area contributed by atoms with E-state index in [9.17, 15) is 75.0 Å². The van der Waals surface area contributed by atoms with E-state index in [4.69, 9.17) is 37.9 Å². The number of ketones is 5. The number of rotatable bonds is 6. The van der Waals surface area contributed by atoms with Crippen LogP contribution >= 0.6 is 0 Å². The van der Waals surface area contributed by atoms with Gasteiger partial charge in [0.1, 0.15) is 54.4 Å². The monoisotopic (exact) mass is 2080 g/mol. The van der Waals surface area contributed by atoms with Crippen LogP contribution in [0.25, 0.3) is 0 Å². The first-order valence-corrected chi connectivity index (χ1v) is 56.5. The van der Waals surface area contributed by atoms with Crippen LogP contribution in [0.2, 0.25) is 0 Å². The Morgan fingerprint density at radius 3 is 0.839 bits per heavy atom. The minimum atomic E-state index is -1.57.